The Morgan fingerprint density at radius 3 is 2.77 bits per heavy atom. The highest BCUT2D eigenvalue weighted by atomic mass is 79.9. The van der Waals surface area contributed by atoms with Gasteiger partial charge in [0.1, 0.15) is 6.10 Å². The van der Waals surface area contributed by atoms with Crippen LogP contribution in [-0.2, 0) is 4.74 Å². The Bertz CT molecular complexity index is 286. The van der Waals surface area contributed by atoms with Crippen molar-refractivity contribution in [2.45, 2.75) is 13.0 Å². The molecule has 1 unspecified atom stereocenters. The van der Waals surface area contributed by atoms with Crippen molar-refractivity contribution in [3.05, 3.63) is 33.8 Å². The van der Waals surface area contributed by atoms with Crippen molar-refractivity contribution in [2.24, 2.45) is 0 Å². The van der Waals surface area contributed by atoms with Gasteiger partial charge in [-0.25, -0.2) is 0 Å². The Hall–Kier alpha value is -0.380. The SMILES string of the molecule is COCC(O)c1ccc(Br)c(C)c1. The van der Waals surface area contributed by atoms with Crippen LogP contribution in [0.2, 0.25) is 0 Å². The summed E-state index contributed by atoms with van der Waals surface area (Å²) in [6.07, 6.45) is -0.531. The second kappa shape index (κ2) is 4.74. The average Bonchev–Trinajstić information content (AvgIpc) is 2.10. The fourth-order valence-electron chi connectivity index (χ4n) is 1.13. The van der Waals surface area contributed by atoms with Crippen molar-refractivity contribution >= 4 is 15.9 Å². The molecule has 0 saturated carbocycles. The number of ether oxygens (including phenoxy) is 1. The Balaban J connectivity index is 2.84. The third-order valence-electron chi connectivity index (χ3n) is 1.89. The fourth-order valence-corrected chi connectivity index (χ4v) is 1.38. The predicted octanol–water partition coefficient (Wildman–Crippen LogP) is 2.44. The fraction of sp³-hybridized carbons (Fsp3) is 0.400. The van der Waals surface area contributed by atoms with Gasteiger partial charge in [0.15, 0.2) is 0 Å². The summed E-state index contributed by atoms with van der Waals surface area (Å²) in [4.78, 5) is 0. The Labute approximate surface area is 86.7 Å². The van der Waals surface area contributed by atoms with Gasteiger partial charge < -0.3 is 9.84 Å². The van der Waals surface area contributed by atoms with Crippen LogP contribution in [0.5, 0.6) is 0 Å². The van der Waals surface area contributed by atoms with E-state index >= 15 is 0 Å². The van der Waals surface area contributed by atoms with Crippen LogP contribution in [-0.4, -0.2) is 18.8 Å². The highest BCUT2D eigenvalue weighted by Gasteiger charge is 2.07. The molecular weight excluding hydrogens is 232 g/mol. The van der Waals surface area contributed by atoms with Crippen molar-refractivity contribution in [3.63, 3.8) is 0 Å². The van der Waals surface area contributed by atoms with Gasteiger partial charge in [0.25, 0.3) is 0 Å². The number of aryl methyl sites for hydroxylation is 1. The second-order valence-electron chi connectivity index (χ2n) is 2.98. The normalized spacial score (nSPS) is 12.9. The molecule has 72 valence electrons. The minimum Gasteiger partial charge on any atom is -0.386 e. The van der Waals surface area contributed by atoms with Crippen LogP contribution in [0, 0.1) is 6.92 Å². The average molecular weight is 245 g/mol. The summed E-state index contributed by atoms with van der Waals surface area (Å²) in [6.45, 7) is 2.33. The highest BCUT2D eigenvalue weighted by Crippen LogP contribution is 2.21. The van der Waals surface area contributed by atoms with Crippen molar-refractivity contribution in [3.8, 4) is 0 Å². The maximum absolute atomic E-state index is 9.60. The molecule has 0 amide bonds. The second-order valence-corrected chi connectivity index (χ2v) is 3.83. The molecule has 0 aliphatic carbocycles. The number of aliphatic hydroxyl groups is 1. The lowest BCUT2D eigenvalue weighted by Crippen LogP contribution is -2.05. The van der Waals surface area contributed by atoms with E-state index in [0.717, 1.165) is 15.6 Å². The van der Waals surface area contributed by atoms with Gasteiger partial charge in [-0.1, -0.05) is 28.1 Å². The van der Waals surface area contributed by atoms with E-state index in [-0.39, 0.29) is 0 Å². The number of benzene rings is 1. The molecule has 1 N–H and O–H groups in total. The molecule has 3 heteroatoms. The van der Waals surface area contributed by atoms with Crippen molar-refractivity contribution in [1.82, 2.24) is 0 Å². The summed E-state index contributed by atoms with van der Waals surface area (Å²) in [7, 11) is 1.58. The molecule has 1 aromatic rings. The van der Waals surface area contributed by atoms with Gasteiger partial charge in [0, 0.05) is 11.6 Å². The molecular formula is C10H13BrO2. The molecule has 0 saturated heterocycles. The lowest BCUT2D eigenvalue weighted by Gasteiger charge is -2.10. The summed E-state index contributed by atoms with van der Waals surface area (Å²) >= 11 is 3.40. The zero-order valence-corrected chi connectivity index (χ0v) is 9.34. The molecule has 0 aliphatic heterocycles. The zero-order valence-electron chi connectivity index (χ0n) is 7.75. The first-order valence-electron chi connectivity index (χ1n) is 4.08. The Kier molecular flexibility index (Phi) is 3.90. The highest BCUT2D eigenvalue weighted by molar-refractivity contribution is 9.10. The van der Waals surface area contributed by atoms with Gasteiger partial charge >= 0.3 is 0 Å². The van der Waals surface area contributed by atoms with E-state index in [9.17, 15) is 5.11 Å². The smallest absolute Gasteiger partial charge is 0.102 e. The molecule has 0 spiro atoms. The van der Waals surface area contributed by atoms with Gasteiger partial charge in [-0.05, 0) is 24.1 Å². The van der Waals surface area contributed by atoms with E-state index in [1.54, 1.807) is 7.11 Å². The van der Waals surface area contributed by atoms with E-state index in [4.69, 9.17) is 4.74 Å². The summed E-state index contributed by atoms with van der Waals surface area (Å²) < 4.78 is 5.92. The largest absolute Gasteiger partial charge is 0.386 e. The summed E-state index contributed by atoms with van der Waals surface area (Å²) in [6, 6.07) is 5.78. The number of methoxy groups -OCH3 is 1. The number of halogens is 1. The van der Waals surface area contributed by atoms with Crippen LogP contribution in [0.15, 0.2) is 22.7 Å². The summed E-state index contributed by atoms with van der Waals surface area (Å²) in [5, 5.41) is 9.60. The standard InChI is InChI=1S/C10H13BrO2/c1-7-5-8(3-4-9(7)11)10(12)6-13-2/h3-5,10,12H,6H2,1-2H3. The minimum atomic E-state index is -0.531. The van der Waals surface area contributed by atoms with E-state index in [0.29, 0.717) is 6.61 Å². The third-order valence-corrected chi connectivity index (χ3v) is 2.78. The van der Waals surface area contributed by atoms with Crippen molar-refractivity contribution in [2.75, 3.05) is 13.7 Å². The van der Waals surface area contributed by atoms with Crippen molar-refractivity contribution in [1.29, 1.82) is 0 Å². The molecule has 13 heavy (non-hydrogen) atoms. The number of hydrogen-bond donors (Lipinski definition) is 1. The maximum atomic E-state index is 9.60. The Morgan fingerprint density at radius 2 is 2.23 bits per heavy atom. The quantitative estimate of drug-likeness (QED) is 0.886. The molecule has 1 aromatic carbocycles. The van der Waals surface area contributed by atoms with E-state index < -0.39 is 6.10 Å². The molecule has 0 fully saturated rings. The first-order chi connectivity index (χ1) is 6.15. The monoisotopic (exact) mass is 244 g/mol. The topological polar surface area (TPSA) is 29.5 Å². The molecule has 0 radical (unpaired) electrons. The molecule has 1 atom stereocenters. The lowest BCUT2D eigenvalue weighted by molar-refractivity contribution is 0.0643. The van der Waals surface area contributed by atoms with Crippen LogP contribution in [0.3, 0.4) is 0 Å². The first kappa shape index (κ1) is 10.7. The van der Waals surface area contributed by atoms with E-state index in [1.165, 1.54) is 0 Å². The molecule has 0 aliphatic rings. The summed E-state index contributed by atoms with van der Waals surface area (Å²) in [5.74, 6) is 0. The Morgan fingerprint density at radius 1 is 1.54 bits per heavy atom. The first-order valence-corrected chi connectivity index (χ1v) is 4.87. The van der Waals surface area contributed by atoms with Crippen LogP contribution >= 0.6 is 15.9 Å². The van der Waals surface area contributed by atoms with E-state index in [1.807, 2.05) is 25.1 Å². The number of aliphatic hydroxyl groups excluding tert-OH is 1. The van der Waals surface area contributed by atoms with Crippen LogP contribution in [0.25, 0.3) is 0 Å². The van der Waals surface area contributed by atoms with Crippen LogP contribution in [0.4, 0.5) is 0 Å². The molecule has 0 aromatic heterocycles. The van der Waals surface area contributed by atoms with Gasteiger partial charge in [-0.3, -0.25) is 0 Å². The van der Waals surface area contributed by atoms with Crippen LogP contribution < -0.4 is 0 Å². The number of rotatable bonds is 3. The maximum Gasteiger partial charge on any atom is 0.102 e. The number of hydrogen-bond acceptors (Lipinski definition) is 2. The molecule has 0 heterocycles. The van der Waals surface area contributed by atoms with Gasteiger partial charge in [0.05, 0.1) is 6.61 Å². The third kappa shape index (κ3) is 2.79. The molecule has 1 rings (SSSR count). The van der Waals surface area contributed by atoms with Crippen molar-refractivity contribution < 1.29 is 9.84 Å². The van der Waals surface area contributed by atoms with Crippen LogP contribution in [0.1, 0.15) is 17.2 Å². The predicted molar refractivity (Wildman–Crippen MR) is 55.7 cm³/mol. The van der Waals surface area contributed by atoms with Gasteiger partial charge in [-0.2, -0.15) is 0 Å². The minimum absolute atomic E-state index is 0.334. The van der Waals surface area contributed by atoms with Gasteiger partial charge in [-0.15, -0.1) is 0 Å². The molecule has 2 nitrogen and oxygen atoms in total. The lowest BCUT2D eigenvalue weighted by atomic mass is 10.1. The molecule has 0 bridgehead atoms. The zero-order chi connectivity index (χ0) is 9.84. The van der Waals surface area contributed by atoms with Gasteiger partial charge in [0.2, 0.25) is 0 Å². The summed E-state index contributed by atoms with van der Waals surface area (Å²) in [5.41, 5.74) is 2.01. The van der Waals surface area contributed by atoms with E-state index in [2.05, 4.69) is 15.9 Å².